The van der Waals surface area contributed by atoms with E-state index in [1.165, 1.54) is 30.6 Å². The van der Waals surface area contributed by atoms with Crippen molar-refractivity contribution >= 4 is 17.3 Å². The largest absolute Gasteiger partial charge is 0.469 e. The van der Waals surface area contributed by atoms with E-state index in [9.17, 15) is 9.18 Å². The number of aryl methyl sites for hydroxylation is 1. The Kier molecular flexibility index (Phi) is 3.72. The molecular formula is C13H12FNO2S. The van der Waals surface area contributed by atoms with Crippen molar-refractivity contribution in [2.45, 2.75) is 13.3 Å². The third kappa shape index (κ3) is 2.73. The van der Waals surface area contributed by atoms with Gasteiger partial charge in [0.2, 0.25) is 0 Å². The maximum absolute atomic E-state index is 13.2. The summed E-state index contributed by atoms with van der Waals surface area (Å²) >= 11 is 1.42. The summed E-state index contributed by atoms with van der Waals surface area (Å²) in [5.41, 5.74) is 1.44. The normalized spacial score (nSPS) is 10.4. The zero-order chi connectivity index (χ0) is 13.1. The Morgan fingerprint density at radius 2 is 2.28 bits per heavy atom. The molecule has 3 nitrogen and oxygen atoms in total. The number of ether oxygens (including phenoxy) is 1. The number of aromatic nitrogens is 1. The fourth-order valence-electron chi connectivity index (χ4n) is 1.63. The molecule has 5 heteroatoms. The first kappa shape index (κ1) is 12.7. The quantitative estimate of drug-likeness (QED) is 0.801. The molecule has 0 bridgehead atoms. The average Bonchev–Trinajstić information content (AvgIpc) is 2.70. The third-order valence-electron chi connectivity index (χ3n) is 2.46. The van der Waals surface area contributed by atoms with Gasteiger partial charge in [0.05, 0.1) is 19.2 Å². The number of thiazole rings is 1. The van der Waals surface area contributed by atoms with Gasteiger partial charge in [-0.05, 0) is 19.1 Å². The molecule has 0 unspecified atom stereocenters. The van der Waals surface area contributed by atoms with Crippen LogP contribution in [0, 0.1) is 12.7 Å². The van der Waals surface area contributed by atoms with Gasteiger partial charge in [0.1, 0.15) is 10.8 Å². The van der Waals surface area contributed by atoms with Crippen LogP contribution >= 0.6 is 11.3 Å². The number of benzene rings is 1. The van der Waals surface area contributed by atoms with Crippen molar-refractivity contribution in [2.75, 3.05) is 7.11 Å². The molecule has 0 aliphatic rings. The van der Waals surface area contributed by atoms with Crippen LogP contribution in [0.1, 0.15) is 9.88 Å². The summed E-state index contributed by atoms with van der Waals surface area (Å²) in [5.74, 6) is -0.621. The van der Waals surface area contributed by atoms with E-state index in [0.29, 0.717) is 5.01 Å². The van der Waals surface area contributed by atoms with Gasteiger partial charge < -0.3 is 4.74 Å². The van der Waals surface area contributed by atoms with Crippen molar-refractivity contribution in [3.63, 3.8) is 0 Å². The van der Waals surface area contributed by atoms with Crippen LogP contribution in [0.15, 0.2) is 24.3 Å². The molecule has 0 N–H and O–H groups in total. The highest BCUT2D eigenvalue weighted by molar-refractivity contribution is 7.12. The van der Waals surface area contributed by atoms with Crippen molar-refractivity contribution in [3.05, 3.63) is 40.0 Å². The number of nitrogens with zero attached hydrogens (tertiary/aromatic N) is 1. The van der Waals surface area contributed by atoms with E-state index in [0.717, 1.165) is 16.1 Å². The fourth-order valence-corrected chi connectivity index (χ4v) is 2.57. The SMILES string of the molecule is COC(=O)Cc1nc(-c2cccc(F)c2)c(C)s1. The van der Waals surface area contributed by atoms with Gasteiger partial charge in [0, 0.05) is 10.4 Å². The van der Waals surface area contributed by atoms with E-state index in [1.807, 2.05) is 6.92 Å². The molecule has 1 aromatic heterocycles. The molecule has 1 heterocycles. The smallest absolute Gasteiger partial charge is 0.312 e. The van der Waals surface area contributed by atoms with Crippen LogP contribution in [0.5, 0.6) is 0 Å². The second-order valence-corrected chi connectivity index (χ2v) is 5.06. The summed E-state index contributed by atoms with van der Waals surface area (Å²) in [6.45, 7) is 1.90. The van der Waals surface area contributed by atoms with E-state index in [-0.39, 0.29) is 18.2 Å². The van der Waals surface area contributed by atoms with E-state index in [4.69, 9.17) is 0 Å². The first-order chi connectivity index (χ1) is 8.60. The molecule has 0 fully saturated rings. The predicted molar refractivity (Wildman–Crippen MR) is 68.0 cm³/mol. The number of esters is 1. The lowest BCUT2D eigenvalue weighted by molar-refractivity contribution is -0.139. The van der Waals surface area contributed by atoms with Crippen molar-refractivity contribution in [3.8, 4) is 11.3 Å². The summed E-state index contributed by atoms with van der Waals surface area (Å²) in [6.07, 6.45) is 0.150. The number of hydrogen-bond acceptors (Lipinski definition) is 4. The molecule has 0 spiro atoms. The van der Waals surface area contributed by atoms with Crippen molar-refractivity contribution < 1.29 is 13.9 Å². The zero-order valence-corrected chi connectivity index (χ0v) is 10.9. The van der Waals surface area contributed by atoms with E-state index >= 15 is 0 Å². The number of methoxy groups -OCH3 is 1. The Hall–Kier alpha value is -1.75. The molecule has 2 aromatic rings. The van der Waals surface area contributed by atoms with Gasteiger partial charge in [-0.25, -0.2) is 9.37 Å². The highest BCUT2D eigenvalue weighted by atomic mass is 32.1. The van der Waals surface area contributed by atoms with Crippen molar-refractivity contribution in [1.82, 2.24) is 4.98 Å². The van der Waals surface area contributed by atoms with Gasteiger partial charge in [0.25, 0.3) is 0 Å². The lowest BCUT2D eigenvalue weighted by atomic mass is 10.1. The number of carbonyl (C=O) groups excluding carboxylic acids is 1. The highest BCUT2D eigenvalue weighted by Gasteiger charge is 2.13. The molecule has 0 aliphatic heterocycles. The van der Waals surface area contributed by atoms with Gasteiger partial charge in [-0.2, -0.15) is 0 Å². The molecule has 18 heavy (non-hydrogen) atoms. The number of rotatable bonds is 3. The van der Waals surface area contributed by atoms with Gasteiger partial charge in [-0.1, -0.05) is 12.1 Å². The molecule has 0 amide bonds. The van der Waals surface area contributed by atoms with Crippen LogP contribution in [0.4, 0.5) is 4.39 Å². The summed E-state index contributed by atoms with van der Waals surface area (Å²) in [7, 11) is 1.34. The fraction of sp³-hybridized carbons (Fsp3) is 0.231. The maximum Gasteiger partial charge on any atom is 0.312 e. The number of carbonyl (C=O) groups is 1. The van der Waals surface area contributed by atoms with E-state index in [2.05, 4.69) is 9.72 Å². The molecule has 94 valence electrons. The van der Waals surface area contributed by atoms with Crippen LogP contribution < -0.4 is 0 Å². The van der Waals surface area contributed by atoms with Gasteiger partial charge in [-0.15, -0.1) is 11.3 Å². The second kappa shape index (κ2) is 5.27. The number of hydrogen-bond donors (Lipinski definition) is 0. The van der Waals surface area contributed by atoms with Crippen molar-refractivity contribution in [1.29, 1.82) is 0 Å². The standard InChI is InChI=1S/C13H12FNO2S/c1-8-13(9-4-3-5-10(14)6-9)15-11(18-8)7-12(16)17-2/h3-6H,7H2,1-2H3. The van der Waals surface area contributed by atoms with Gasteiger partial charge >= 0.3 is 5.97 Å². The predicted octanol–water partition coefficient (Wildman–Crippen LogP) is 2.97. The lowest BCUT2D eigenvalue weighted by Gasteiger charge is -1.98. The van der Waals surface area contributed by atoms with Crippen LogP contribution in [0.3, 0.4) is 0 Å². The van der Waals surface area contributed by atoms with E-state index < -0.39 is 0 Å². The minimum atomic E-state index is -0.324. The Morgan fingerprint density at radius 1 is 1.50 bits per heavy atom. The molecule has 0 saturated carbocycles. The second-order valence-electron chi connectivity index (χ2n) is 3.78. The minimum absolute atomic E-state index is 0.150. The molecule has 1 aromatic carbocycles. The molecule has 0 saturated heterocycles. The van der Waals surface area contributed by atoms with Crippen LogP contribution in [-0.4, -0.2) is 18.1 Å². The Bertz CT molecular complexity index is 580. The zero-order valence-electron chi connectivity index (χ0n) is 10.1. The number of halogens is 1. The monoisotopic (exact) mass is 265 g/mol. The third-order valence-corrected chi connectivity index (χ3v) is 3.43. The Labute approximate surface area is 108 Å². The molecular weight excluding hydrogens is 253 g/mol. The molecule has 0 aliphatic carbocycles. The first-order valence-electron chi connectivity index (χ1n) is 5.39. The summed E-state index contributed by atoms with van der Waals surface area (Å²) in [6, 6.07) is 6.26. The summed E-state index contributed by atoms with van der Waals surface area (Å²) < 4.78 is 17.8. The van der Waals surface area contributed by atoms with Crippen molar-refractivity contribution in [2.24, 2.45) is 0 Å². The molecule has 0 radical (unpaired) electrons. The summed E-state index contributed by atoms with van der Waals surface area (Å²) in [5, 5.41) is 0.679. The first-order valence-corrected chi connectivity index (χ1v) is 6.21. The average molecular weight is 265 g/mol. The highest BCUT2D eigenvalue weighted by Crippen LogP contribution is 2.28. The van der Waals surface area contributed by atoms with Crippen LogP contribution in [0.25, 0.3) is 11.3 Å². The lowest BCUT2D eigenvalue weighted by Crippen LogP contribution is -2.03. The minimum Gasteiger partial charge on any atom is -0.469 e. The Balaban J connectivity index is 2.32. The summed E-state index contributed by atoms with van der Waals surface area (Å²) in [4.78, 5) is 16.5. The van der Waals surface area contributed by atoms with Gasteiger partial charge in [0.15, 0.2) is 0 Å². The van der Waals surface area contributed by atoms with E-state index in [1.54, 1.807) is 12.1 Å². The van der Waals surface area contributed by atoms with Crippen LogP contribution in [0.2, 0.25) is 0 Å². The Morgan fingerprint density at radius 3 is 2.94 bits per heavy atom. The maximum atomic E-state index is 13.2. The molecule has 2 rings (SSSR count). The topological polar surface area (TPSA) is 39.2 Å². The van der Waals surface area contributed by atoms with Crippen LogP contribution in [-0.2, 0) is 16.0 Å². The molecule has 0 atom stereocenters. The van der Waals surface area contributed by atoms with Gasteiger partial charge in [-0.3, -0.25) is 4.79 Å².